The number of hydrogen-bond acceptors (Lipinski definition) is 5. The number of carbonyl (C=O) groups is 2. The Morgan fingerprint density at radius 2 is 1.92 bits per heavy atom. The van der Waals surface area contributed by atoms with Crippen LogP contribution in [0, 0.1) is 13.8 Å². The summed E-state index contributed by atoms with van der Waals surface area (Å²) in [5.41, 5.74) is 1.46. The zero-order valence-electron chi connectivity index (χ0n) is 14.2. The van der Waals surface area contributed by atoms with Gasteiger partial charge in [0.1, 0.15) is 10.6 Å². The van der Waals surface area contributed by atoms with Crippen LogP contribution in [0.3, 0.4) is 0 Å². The lowest BCUT2D eigenvalue weighted by Crippen LogP contribution is -2.44. The molecular weight excluding hydrogens is 399 g/mol. The first kappa shape index (κ1) is 19.0. The van der Waals surface area contributed by atoms with Crippen molar-refractivity contribution in [3.8, 4) is 0 Å². The molecule has 0 atom stereocenters. The Hall–Kier alpha value is -1.77. The van der Waals surface area contributed by atoms with Crippen molar-refractivity contribution in [2.24, 2.45) is 0 Å². The third-order valence-corrected chi connectivity index (χ3v) is 6.51. The van der Waals surface area contributed by atoms with Crippen LogP contribution in [-0.4, -0.2) is 46.1 Å². The summed E-state index contributed by atoms with van der Waals surface area (Å²) in [5.74, 6) is -1.23. The highest BCUT2D eigenvalue weighted by molar-refractivity contribution is 7.17. The topological polar surface area (TPSA) is 98.3 Å². The van der Waals surface area contributed by atoms with Gasteiger partial charge in [-0.15, -0.1) is 0 Å². The first-order chi connectivity index (χ1) is 12.3. The number of carboxylic acids is 1. The third kappa shape index (κ3) is 3.67. The molecule has 1 amide bonds. The fourth-order valence-electron chi connectivity index (χ4n) is 2.92. The van der Waals surface area contributed by atoms with Crippen molar-refractivity contribution in [3.05, 3.63) is 32.0 Å². The van der Waals surface area contributed by atoms with Gasteiger partial charge < -0.3 is 20.3 Å². The lowest BCUT2D eigenvalue weighted by Gasteiger charge is -2.32. The molecular formula is C16H18Cl2N4O3S. The maximum Gasteiger partial charge on any atom is 0.347 e. The van der Waals surface area contributed by atoms with Gasteiger partial charge in [-0.1, -0.05) is 34.5 Å². The lowest BCUT2D eigenvalue weighted by molar-refractivity contribution is 0.0700. The average Bonchev–Trinajstić information content (AvgIpc) is 3.11. The molecule has 0 aromatic carbocycles. The fourth-order valence-corrected chi connectivity index (χ4v) is 4.29. The predicted molar refractivity (Wildman–Crippen MR) is 102 cm³/mol. The maximum atomic E-state index is 12.4. The van der Waals surface area contributed by atoms with Crippen molar-refractivity contribution in [1.29, 1.82) is 0 Å². The van der Waals surface area contributed by atoms with Gasteiger partial charge in [-0.05, 0) is 26.7 Å². The highest BCUT2D eigenvalue weighted by atomic mass is 35.5. The molecule has 140 valence electrons. The van der Waals surface area contributed by atoms with Crippen LogP contribution in [-0.2, 0) is 0 Å². The highest BCUT2D eigenvalue weighted by Gasteiger charge is 2.26. The van der Waals surface area contributed by atoms with Gasteiger partial charge in [-0.2, -0.15) is 0 Å². The van der Waals surface area contributed by atoms with Gasteiger partial charge in [-0.3, -0.25) is 4.79 Å². The Labute approximate surface area is 164 Å². The van der Waals surface area contributed by atoms with Gasteiger partial charge >= 0.3 is 5.97 Å². The molecule has 0 bridgehead atoms. The summed E-state index contributed by atoms with van der Waals surface area (Å²) in [6, 6.07) is 0.0113. The zero-order chi connectivity index (χ0) is 19.0. The molecule has 7 nitrogen and oxygen atoms in total. The minimum Gasteiger partial charge on any atom is -0.477 e. The van der Waals surface area contributed by atoms with Gasteiger partial charge in [0.15, 0.2) is 5.13 Å². The first-order valence-electron chi connectivity index (χ1n) is 8.08. The number of carbonyl (C=O) groups excluding carboxylic acids is 1. The summed E-state index contributed by atoms with van der Waals surface area (Å²) in [4.78, 5) is 33.1. The number of aromatic nitrogens is 2. The molecule has 2 aromatic rings. The molecule has 1 aliphatic rings. The number of nitrogens with one attached hydrogen (secondary N) is 2. The van der Waals surface area contributed by atoms with E-state index >= 15 is 0 Å². The SMILES string of the molecule is Cc1nc(N2CCC(NC(=O)c3[nH]c(C)c(Cl)c3Cl)CC2)sc1C(=O)O. The van der Waals surface area contributed by atoms with E-state index in [0.29, 0.717) is 34.6 Å². The van der Waals surface area contributed by atoms with E-state index in [1.807, 2.05) is 0 Å². The summed E-state index contributed by atoms with van der Waals surface area (Å²) in [6.07, 6.45) is 1.47. The minimum atomic E-state index is -0.954. The van der Waals surface area contributed by atoms with Crippen LogP contribution < -0.4 is 10.2 Å². The molecule has 0 spiro atoms. The molecule has 0 unspecified atom stereocenters. The summed E-state index contributed by atoms with van der Waals surface area (Å²) < 4.78 is 0. The van der Waals surface area contributed by atoms with E-state index in [1.165, 1.54) is 11.3 Å². The Kier molecular flexibility index (Phi) is 5.45. The molecule has 2 aromatic heterocycles. The lowest BCUT2D eigenvalue weighted by atomic mass is 10.1. The fraction of sp³-hybridized carbons (Fsp3) is 0.438. The van der Waals surface area contributed by atoms with Crippen LogP contribution in [0.4, 0.5) is 5.13 Å². The van der Waals surface area contributed by atoms with Gasteiger partial charge in [0.05, 0.1) is 15.7 Å². The molecule has 0 radical (unpaired) electrons. The molecule has 3 heterocycles. The van der Waals surface area contributed by atoms with Gasteiger partial charge in [-0.25, -0.2) is 9.78 Å². The summed E-state index contributed by atoms with van der Waals surface area (Å²) in [5, 5.41) is 13.4. The monoisotopic (exact) mass is 416 g/mol. The summed E-state index contributed by atoms with van der Waals surface area (Å²) in [7, 11) is 0. The number of aromatic amines is 1. The van der Waals surface area contributed by atoms with E-state index in [-0.39, 0.29) is 27.5 Å². The number of carboxylic acid groups (broad SMARTS) is 1. The van der Waals surface area contributed by atoms with Crippen LogP contribution in [0.5, 0.6) is 0 Å². The number of aryl methyl sites for hydroxylation is 2. The molecule has 1 saturated heterocycles. The van der Waals surface area contributed by atoms with Crippen molar-refractivity contribution in [2.45, 2.75) is 32.7 Å². The maximum absolute atomic E-state index is 12.4. The smallest absolute Gasteiger partial charge is 0.347 e. The largest absolute Gasteiger partial charge is 0.477 e. The van der Waals surface area contributed by atoms with Gasteiger partial charge in [0.25, 0.3) is 5.91 Å². The number of piperidine rings is 1. The number of halogens is 2. The van der Waals surface area contributed by atoms with Gasteiger partial charge in [0, 0.05) is 24.8 Å². The Balaban J connectivity index is 1.60. The number of amides is 1. The molecule has 3 N–H and O–H groups in total. The van der Waals surface area contributed by atoms with Crippen LogP contribution in [0.1, 0.15) is 44.4 Å². The van der Waals surface area contributed by atoms with E-state index < -0.39 is 5.97 Å². The van der Waals surface area contributed by atoms with Crippen LogP contribution in [0.15, 0.2) is 0 Å². The molecule has 0 saturated carbocycles. The van der Waals surface area contributed by atoms with E-state index in [1.54, 1.807) is 13.8 Å². The van der Waals surface area contributed by atoms with Crippen LogP contribution >= 0.6 is 34.5 Å². The van der Waals surface area contributed by atoms with Gasteiger partial charge in [0.2, 0.25) is 0 Å². The molecule has 10 heteroatoms. The van der Waals surface area contributed by atoms with Crippen LogP contribution in [0.25, 0.3) is 0 Å². The van der Waals surface area contributed by atoms with Crippen molar-refractivity contribution in [2.75, 3.05) is 18.0 Å². The average molecular weight is 417 g/mol. The summed E-state index contributed by atoms with van der Waals surface area (Å²) in [6.45, 7) is 4.83. The second-order valence-corrected chi connectivity index (χ2v) is 7.94. The predicted octanol–water partition coefficient (Wildman–Crippen LogP) is 3.49. The Bertz CT molecular complexity index is 856. The van der Waals surface area contributed by atoms with E-state index in [9.17, 15) is 9.59 Å². The minimum absolute atomic E-state index is 0.0113. The van der Waals surface area contributed by atoms with Crippen molar-refractivity contribution < 1.29 is 14.7 Å². The Morgan fingerprint density at radius 1 is 1.27 bits per heavy atom. The van der Waals surface area contributed by atoms with E-state index in [4.69, 9.17) is 28.3 Å². The molecule has 1 aliphatic heterocycles. The van der Waals surface area contributed by atoms with E-state index in [0.717, 1.165) is 12.8 Å². The normalized spacial score (nSPS) is 15.3. The Morgan fingerprint density at radius 3 is 2.42 bits per heavy atom. The number of H-pyrrole nitrogens is 1. The second-order valence-electron chi connectivity index (χ2n) is 6.20. The van der Waals surface area contributed by atoms with E-state index in [2.05, 4.69) is 20.2 Å². The summed E-state index contributed by atoms with van der Waals surface area (Å²) >= 11 is 13.3. The zero-order valence-corrected chi connectivity index (χ0v) is 16.6. The number of anilines is 1. The highest BCUT2D eigenvalue weighted by Crippen LogP contribution is 2.30. The standard InChI is InChI=1S/C16H18Cl2N4O3S/c1-7-10(17)11(18)12(19-7)14(23)21-9-3-5-22(6-4-9)16-20-8(2)13(26-16)15(24)25/h9,19H,3-6H2,1-2H3,(H,21,23)(H,24,25). The molecule has 3 rings (SSSR count). The second kappa shape index (κ2) is 7.46. The number of hydrogen-bond donors (Lipinski definition) is 3. The van der Waals surface area contributed by atoms with Crippen molar-refractivity contribution in [1.82, 2.24) is 15.3 Å². The quantitative estimate of drug-likeness (QED) is 0.708. The molecule has 0 aliphatic carbocycles. The van der Waals surface area contributed by atoms with Crippen molar-refractivity contribution in [3.63, 3.8) is 0 Å². The third-order valence-electron chi connectivity index (χ3n) is 4.36. The number of nitrogens with zero attached hydrogens (tertiary/aromatic N) is 2. The van der Waals surface area contributed by atoms with Crippen LogP contribution in [0.2, 0.25) is 10.0 Å². The number of thiazole rings is 1. The number of rotatable bonds is 4. The first-order valence-corrected chi connectivity index (χ1v) is 9.65. The van der Waals surface area contributed by atoms with Crippen molar-refractivity contribution >= 4 is 51.5 Å². The molecule has 1 fully saturated rings. The molecule has 26 heavy (non-hydrogen) atoms. The number of aromatic carboxylic acids is 1.